The molecule has 1 amide bonds. The summed E-state index contributed by atoms with van der Waals surface area (Å²) >= 11 is 6.22. The zero-order valence-corrected chi connectivity index (χ0v) is 17.7. The van der Waals surface area contributed by atoms with Gasteiger partial charge in [-0.15, -0.1) is 10.2 Å². The molecule has 0 bridgehead atoms. The summed E-state index contributed by atoms with van der Waals surface area (Å²) in [4.78, 5) is 12.2. The van der Waals surface area contributed by atoms with E-state index in [1.54, 1.807) is 0 Å². The highest BCUT2D eigenvalue weighted by molar-refractivity contribution is 6.31. The summed E-state index contributed by atoms with van der Waals surface area (Å²) in [5, 5.41) is 12.2. The zero-order chi connectivity index (χ0) is 20.1. The third-order valence-corrected chi connectivity index (χ3v) is 5.54. The highest BCUT2D eigenvalue weighted by atomic mass is 35.5. The van der Waals surface area contributed by atoms with E-state index in [9.17, 15) is 4.79 Å². The van der Waals surface area contributed by atoms with E-state index in [0.29, 0.717) is 18.0 Å². The van der Waals surface area contributed by atoms with Gasteiger partial charge in [-0.1, -0.05) is 31.9 Å². The summed E-state index contributed by atoms with van der Waals surface area (Å²) in [6.45, 7) is 7.57. The molecule has 0 unspecified atom stereocenters. The Kier molecular flexibility index (Phi) is 6.94. The van der Waals surface area contributed by atoms with Crippen LogP contribution in [0.15, 0.2) is 12.1 Å². The number of benzene rings is 1. The molecular weight excluding hydrogens is 376 g/mol. The monoisotopic (exact) mass is 404 g/mol. The highest BCUT2D eigenvalue weighted by Crippen LogP contribution is 2.31. The second-order valence-electron chi connectivity index (χ2n) is 7.68. The summed E-state index contributed by atoms with van der Waals surface area (Å²) < 4.78 is 8.00. The number of rotatable bonds is 7. The first-order valence-corrected chi connectivity index (χ1v) is 10.4. The van der Waals surface area contributed by atoms with Crippen molar-refractivity contribution < 1.29 is 9.53 Å². The van der Waals surface area contributed by atoms with Gasteiger partial charge in [0.25, 0.3) is 5.91 Å². The number of fused-ring (bicyclic) bond motifs is 1. The first kappa shape index (κ1) is 20.6. The SMILES string of the molecule is Cc1cc(OCC(=O)NCCc2nnc3n2CCCCC3)c(C(C)C)cc1Cl. The number of halogens is 1. The number of amides is 1. The molecule has 0 radical (unpaired) electrons. The van der Waals surface area contributed by atoms with Crippen LogP contribution in [0.2, 0.25) is 5.02 Å². The fraction of sp³-hybridized carbons (Fsp3) is 0.571. The molecule has 1 aromatic heterocycles. The van der Waals surface area contributed by atoms with Crippen molar-refractivity contribution >= 4 is 17.5 Å². The number of hydrogen-bond donors (Lipinski definition) is 1. The standard InChI is InChI=1S/C21H29ClN4O2/c1-14(2)16-12-17(22)15(3)11-18(16)28-13-21(27)23-9-8-20-25-24-19-7-5-4-6-10-26(19)20/h11-12,14H,4-10,13H2,1-3H3,(H,23,27). The molecule has 7 heteroatoms. The van der Waals surface area contributed by atoms with Crippen molar-refractivity contribution in [2.45, 2.75) is 65.3 Å². The maximum absolute atomic E-state index is 12.2. The van der Waals surface area contributed by atoms with Crippen molar-refractivity contribution in [2.24, 2.45) is 0 Å². The Bertz CT molecular complexity index is 832. The van der Waals surface area contributed by atoms with Gasteiger partial charge >= 0.3 is 0 Å². The zero-order valence-electron chi connectivity index (χ0n) is 16.9. The van der Waals surface area contributed by atoms with Crippen LogP contribution in [0.4, 0.5) is 0 Å². The molecule has 1 aromatic carbocycles. The molecule has 0 spiro atoms. The number of nitrogens with zero attached hydrogens (tertiary/aromatic N) is 3. The number of nitrogens with one attached hydrogen (secondary N) is 1. The number of ether oxygens (including phenoxy) is 1. The molecule has 0 saturated heterocycles. The lowest BCUT2D eigenvalue weighted by Gasteiger charge is -2.16. The number of hydrogen-bond acceptors (Lipinski definition) is 4. The summed E-state index contributed by atoms with van der Waals surface area (Å²) in [5.41, 5.74) is 1.95. The molecule has 152 valence electrons. The van der Waals surface area contributed by atoms with Gasteiger partial charge in [0.1, 0.15) is 17.4 Å². The Balaban J connectivity index is 1.51. The van der Waals surface area contributed by atoms with Crippen molar-refractivity contribution in [1.82, 2.24) is 20.1 Å². The first-order valence-electron chi connectivity index (χ1n) is 10.1. The maximum atomic E-state index is 12.2. The molecule has 28 heavy (non-hydrogen) atoms. The quantitative estimate of drug-likeness (QED) is 0.761. The molecular formula is C21H29ClN4O2. The van der Waals surface area contributed by atoms with Crippen LogP contribution in [0.25, 0.3) is 0 Å². The summed E-state index contributed by atoms with van der Waals surface area (Å²) in [7, 11) is 0. The van der Waals surface area contributed by atoms with Crippen LogP contribution < -0.4 is 10.1 Å². The molecule has 0 fully saturated rings. The second kappa shape index (κ2) is 9.41. The second-order valence-corrected chi connectivity index (χ2v) is 8.08. The fourth-order valence-electron chi connectivity index (χ4n) is 3.48. The van der Waals surface area contributed by atoms with Gasteiger partial charge in [-0.3, -0.25) is 4.79 Å². The Morgan fingerprint density at radius 2 is 2.11 bits per heavy atom. The molecule has 2 heterocycles. The van der Waals surface area contributed by atoms with Gasteiger partial charge in [-0.25, -0.2) is 0 Å². The molecule has 3 rings (SSSR count). The van der Waals surface area contributed by atoms with Gasteiger partial charge in [-0.05, 0) is 48.9 Å². The average Bonchev–Trinajstić information content (AvgIpc) is 2.88. The maximum Gasteiger partial charge on any atom is 0.257 e. The van der Waals surface area contributed by atoms with Crippen LogP contribution in [0.5, 0.6) is 5.75 Å². The minimum atomic E-state index is -0.141. The van der Waals surface area contributed by atoms with E-state index >= 15 is 0 Å². The third kappa shape index (κ3) is 5.04. The first-order chi connectivity index (χ1) is 13.5. The van der Waals surface area contributed by atoms with E-state index in [4.69, 9.17) is 16.3 Å². The Morgan fingerprint density at radius 1 is 1.29 bits per heavy atom. The smallest absolute Gasteiger partial charge is 0.257 e. The van der Waals surface area contributed by atoms with E-state index in [2.05, 4.69) is 33.9 Å². The summed E-state index contributed by atoms with van der Waals surface area (Å²) in [6, 6.07) is 3.82. The number of aromatic nitrogens is 3. The molecule has 1 aliphatic heterocycles. The molecule has 1 aliphatic rings. The summed E-state index contributed by atoms with van der Waals surface area (Å²) in [5.74, 6) is 2.86. The lowest BCUT2D eigenvalue weighted by Crippen LogP contribution is -2.31. The largest absolute Gasteiger partial charge is 0.483 e. The topological polar surface area (TPSA) is 69.0 Å². The predicted molar refractivity (Wildman–Crippen MR) is 110 cm³/mol. The molecule has 6 nitrogen and oxygen atoms in total. The van der Waals surface area contributed by atoms with Gasteiger partial charge in [0.2, 0.25) is 0 Å². The molecule has 1 N–H and O–H groups in total. The van der Waals surface area contributed by atoms with Crippen LogP contribution in [-0.4, -0.2) is 33.8 Å². The predicted octanol–water partition coefficient (Wildman–Crippen LogP) is 3.83. The lowest BCUT2D eigenvalue weighted by atomic mass is 10.0. The minimum absolute atomic E-state index is 0.0151. The van der Waals surface area contributed by atoms with Gasteiger partial charge in [0.05, 0.1) is 0 Å². The summed E-state index contributed by atoms with van der Waals surface area (Å²) in [6.07, 6.45) is 5.24. The van der Waals surface area contributed by atoms with Crippen molar-refractivity contribution in [3.63, 3.8) is 0 Å². The van der Waals surface area contributed by atoms with E-state index in [1.165, 1.54) is 12.8 Å². The Morgan fingerprint density at radius 3 is 2.89 bits per heavy atom. The number of carbonyl (C=O) groups excluding carboxylic acids is 1. The van der Waals surface area contributed by atoms with E-state index in [0.717, 1.165) is 47.9 Å². The van der Waals surface area contributed by atoms with Crippen LogP contribution in [-0.2, 0) is 24.2 Å². The Labute approximate surface area is 171 Å². The van der Waals surface area contributed by atoms with E-state index in [1.807, 2.05) is 19.1 Å². The number of aryl methyl sites for hydroxylation is 2. The molecule has 0 aliphatic carbocycles. The van der Waals surface area contributed by atoms with Crippen molar-refractivity contribution in [1.29, 1.82) is 0 Å². The minimum Gasteiger partial charge on any atom is -0.483 e. The highest BCUT2D eigenvalue weighted by Gasteiger charge is 2.15. The Hall–Kier alpha value is -2.08. The van der Waals surface area contributed by atoms with E-state index < -0.39 is 0 Å². The van der Waals surface area contributed by atoms with Crippen molar-refractivity contribution in [2.75, 3.05) is 13.2 Å². The van der Waals surface area contributed by atoms with Gasteiger partial charge in [0.15, 0.2) is 6.61 Å². The molecule has 2 aromatic rings. The molecule has 0 saturated carbocycles. The number of carbonyl (C=O) groups is 1. The average molecular weight is 405 g/mol. The van der Waals surface area contributed by atoms with Crippen LogP contribution >= 0.6 is 11.6 Å². The van der Waals surface area contributed by atoms with Gasteiger partial charge in [-0.2, -0.15) is 0 Å². The fourth-order valence-corrected chi connectivity index (χ4v) is 3.66. The van der Waals surface area contributed by atoms with Crippen LogP contribution in [0.3, 0.4) is 0 Å². The van der Waals surface area contributed by atoms with Crippen LogP contribution in [0, 0.1) is 6.92 Å². The third-order valence-electron chi connectivity index (χ3n) is 5.13. The van der Waals surface area contributed by atoms with Crippen molar-refractivity contribution in [3.8, 4) is 5.75 Å². The van der Waals surface area contributed by atoms with Crippen molar-refractivity contribution in [3.05, 3.63) is 39.9 Å². The normalized spacial score (nSPS) is 13.9. The van der Waals surface area contributed by atoms with E-state index in [-0.39, 0.29) is 18.4 Å². The van der Waals surface area contributed by atoms with Gasteiger partial charge in [0, 0.05) is 31.0 Å². The molecule has 0 atom stereocenters. The lowest BCUT2D eigenvalue weighted by molar-refractivity contribution is -0.123. The van der Waals surface area contributed by atoms with Gasteiger partial charge < -0.3 is 14.6 Å². The van der Waals surface area contributed by atoms with Crippen LogP contribution in [0.1, 0.15) is 61.8 Å².